The van der Waals surface area contributed by atoms with Crippen molar-refractivity contribution in [3.8, 4) is 11.5 Å². The van der Waals surface area contributed by atoms with Gasteiger partial charge in [0.1, 0.15) is 11.4 Å². The molecule has 1 spiro atoms. The number of quaternary nitrogens is 1. The molecule has 2 aliphatic heterocycles. The van der Waals surface area contributed by atoms with Crippen molar-refractivity contribution in [2.45, 2.75) is 19.3 Å². The molecule has 0 radical (unpaired) electrons. The third-order valence-corrected chi connectivity index (χ3v) is 3.90. The van der Waals surface area contributed by atoms with Crippen molar-refractivity contribution in [3.63, 3.8) is 0 Å². The van der Waals surface area contributed by atoms with Crippen molar-refractivity contribution < 1.29 is 10.2 Å². The Balaban J connectivity index is 2.13. The average Bonchev–Trinajstić information content (AvgIpc) is 2.80. The van der Waals surface area contributed by atoms with E-state index >= 15 is 0 Å². The van der Waals surface area contributed by atoms with Gasteiger partial charge in [-0.3, -0.25) is 4.48 Å². The van der Waals surface area contributed by atoms with E-state index in [1.807, 2.05) is 0 Å². The minimum absolute atomic E-state index is 0.0898. The number of fused-ring (bicyclic) bond motifs is 2. The van der Waals surface area contributed by atoms with Gasteiger partial charge in [0.25, 0.3) is 0 Å². The van der Waals surface area contributed by atoms with E-state index in [-0.39, 0.29) is 11.5 Å². The van der Waals surface area contributed by atoms with Crippen LogP contribution in [-0.4, -0.2) is 24.7 Å². The monoisotopic (exact) mass is 205 g/mol. The molecule has 3 nitrogen and oxygen atoms in total. The van der Waals surface area contributed by atoms with E-state index < -0.39 is 0 Å². The summed E-state index contributed by atoms with van der Waals surface area (Å²) in [6, 6.07) is 3.33. The summed E-state index contributed by atoms with van der Waals surface area (Å²) in [5, 5.41) is 20.9. The highest BCUT2D eigenvalue weighted by atomic mass is 16.3. The zero-order valence-electron chi connectivity index (χ0n) is 8.70. The Morgan fingerprint density at radius 1 is 1.13 bits per heavy atom. The molecule has 0 aliphatic carbocycles. The van der Waals surface area contributed by atoms with Crippen molar-refractivity contribution >= 4 is 5.69 Å². The average molecular weight is 205 g/mol. The van der Waals surface area contributed by atoms with Gasteiger partial charge < -0.3 is 10.2 Å². The Morgan fingerprint density at radius 2 is 1.87 bits per heavy atom. The van der Waals surface area contributed by atoms with Crippen molar-refractivity contribution in [1.82, 2.24) is 4.48 Å². The van der Waals surface area contributed by atoms with Crippen LogP contribution in [0, 0.1) is 0 Å². The van der Waals surface area contributed by atoms with Crippen molar-refractivity contribution in [2.75, 3.05) is 19.6 Å². The van der Waals surface area contributed by atoms with Crippen LogP contribution in [0.3, 0.4) is 0 Å². The summed E-state index contributed by atoms with van der Waals surface area (Å²) in [5.41, 5.74) is 2.35. The third kappa shape index (κ3) is 1.16. The molecule has 2 aliphatic rings. The molecule has 0 unspecified atom stereocenters. The molecule has 0 amide bonds. The number of benzene rings is 1. The number of hydrogen-bond donors (Lipinski definition) is 1. The molecule has 1 saturated heterocycles. The molecular formula is C12H15NO2. The maximum Gasteiger partial charge on any atom is 0.135 e. The van der Waals surface area contributed by atoms with Gasteiger partial charge in [-0.15, -0.1) is 0 Å². The Hall–Kier alpha value is -1.22. The van der Waals surface area contributed by atoms with Gasteiger partial charge in [-0.2, -0.15) is 0 Å². The van der Waals surface area contributed by atoms with E-state index in [9.17, 15) is 10.2 Å². The largest absolute Gasteiger partial charge is 0.870 e. The molecule has 3 rings (SSSR count). The molecule has 80 valence electrons. The predicted molar refractivity (Wildman–Crippen MR) is 56.9 cm³/mol. The van der Waals surface area contributed by atoms with Gasteiger partial charge in [0, 0.05) is 24.8 Å². The molecule has 15 heavy (non-hydrogen) atoms. The quantitative estimate of drug-likeness (QED) is 0.645. The highest BCUT2D eigenvalue weighted by Gasteiger charge is 2.40. The first-order chi connectivity index (χ1) is 7.21. The zero-order chi connectivity index (χ0) is 10.5. The Bertz CT molecular complexity index is 408. The molecular weight excluding hydrogens is 190 g/mol. The topological polar surface area (TPSA) is 43.3 Å². The number of rotatable bonds is 0. The van der Waals surface area contributed by atoms with Gasteiger partial charge in [0.15, 0.2) is 0 Å². The first-order valence-corrected chi connectivity index (χ1v) is 5.61. The lowest BCUT2D eigenvalue weighted by Crippen LogP contribution is -2.44. The number of nitrogens with zero attached hydrogens (tertiary/aromatic N) is 1. The zero-order valence-corrected chi connectivity index (χ0v) is 8.70. The highest BCUT2D eigenvalue weighted by molar-refractivity contribution is 5.62. The molecule has 3 heteroatoms. The molecule has 1 fully saturated rings. The number of hydrogen-bond acceptors (Lipinski definition) is 2. The van der Waals surface area contributed by atoms with Gasteiger partial charge in [-0.25, -0.2) is 0 Å². The van der Waals surface area contributed by atoms with E-state index in [1.165, 1.54) is 24.1 Å². The highest BCUT2D eigenvalue weighted by Crippen LogP contribution is 2.42. The maximum absolute atomic E-state index is 11.5. The van der Waals surface area contributed by atoms with Crippen LogP contribution in [0.5, 0.6) is 11.5 Å². The third-order valence-electron chi connectivity index (χ3n) is 3.90. The molecule has 1 aromatic rings. The maximum atomic E-state index is 11.5. The lowest BCUT2D eigenvalue weighted by Gasteiger charge is -2.30. The van der Waals surface area contributed by atoms with Crippen molar-refractivity contribution in [2.24, 2.45) is 0 Å². The molecule has 2 heterocycles. The van der Waals surface area contributed by atoms with Crippen LogP contribution in [0.4, 0.5) is 5.69 Å². The fourth-order valence-corrected chi connectivity index (χ4v) is 3.10. The van der Waals surface area contributed by atoms with E-state index in [4.69, 9.17) is 0 Å². The smallest absolute Gasteiger partial charge is 0.135 e. The van der Waals surface area contributed by atoms with Crippen LogP contribution in [0.15, 0.2) is 12.1 Å². The van der Waals surface area contributed by atoms with Crippen molar-refractivity contribution in [1.29, 1.82) is 0 Å². The second-order valence-corrected chi connectivity index (χ2v) is 4.72. The predicted octanol–water partition coefficient (Wildman–Crippen LogP) is 1.12. The second-order valence-electron chi connectivity index (χ2n) is 4.72. The van der Waals surface area contributed by atoms with Crippen LogP contribution in [0.2, 0.25) is 0 Å². The van der Waals surface area contributed by atoms with E-state index in [2.05, 4.69) is 0 Å². The normalized spacial score (nSPS) is 22.1. The first kappa shape index (κ1) is 9.04. The van der Waals surface area contributed by atoms with Gasteiger partial charge >= 0.3 is 0 Å². The lowest BCUT2D eigenvalue weighted by molar-refractivity contribution is -0.270. The van der Waals surface area contributed by atoms with Gasteiger partial charge in [0.2, 0.25) is 0 Å². The standard InChI is InChI=1S/C12H15NO2/c14-11-7-9-3-6-13(4-1-2-5-13)10(9)8-12(11)15/h7-8H,1-6H2,(H-,14,15). The molecule has 1 N–H and O–H groups in total. The molecule has 0 saturated carbocycles. The fraction of sp³-hybridized carbons (Fsp3) is 0.500. The van der Waals surface area contributed by atoms with Gasteiger partial charge in [-0.05, 0) is 12.1 Å². The summed E-state index contributed by atoms with van der Waals surface area (Å²) in [7, 11) is 0. The summed E-state index contributed by atoms with van der Waals surface area (Å²) >= 11 is 0. The molecule has 1 aromatic carbocycles. The van der Waals surface area contributed by atoms with Crippen LogP contribution in [-0.2, 0) is 6.42 Å². The molecule has 0 bridgehead atoms. The minimum Gasteiger partial charge on any atom is -0.870 e. The van der Waals surface area contributed by atoms with E-state index in [1.54, 1.807) is 12.1 Å². The lowest BCUT2D eigenvalue weighted by atomic mass is 10.1. The summed E-state index contributed by atoms with van der Waals surface area (Å²) in [4.78, 5) is 0. The van der Waals surface area contributed by atoms with Crippen LogP contribution in [0.1, 0.15) is 18.4 Å². The minimum atomic E-state index is -0.222. The summed E-state index contributed by atoms with van der Waals surface area (Å²) in [5.74, 6) is -0.312. The van der Waals surface area contributed by atoms with E-state index in [0.717, 1.165) is 30.5 Å². The van der Waals surface area contributed by atoms with Crippen LogP contribution in [0.25, 0.3) is 0 Å². The molecule has 0 aromatic heterocycles. The van der Waals surface area contributed by atoms with Crippen LogP contribution < -0.4 is 9.59 Å². The molecule has 0 atom stereocenters. The fourth-order valence-electron chi connectivity index (χ4n) is 3.10. The van der Waals surface area contributed by atoms with E-state index in [0.29, 0.717) is 0 Å². The number of phenols is 1. The Labute approximate surface area is 89.2 Å². The van der Waals surface area contributed by atoms with Gasteiger partial charge in [0.05, 0.1) is 19.6 Å². The van der Waals surface area contributed by atoms with Crippen molar-refractivity contribution in [3.05, 3.63) is 17.7 Å². The number of phenolic OH excluding ortho intramolecular Hbond substituents is 1. The summed E-state index contributed by atoms with van der Waals surface area (Å²) in [6.07, 6.45) is 3.52. The first-order valence-electron chi connectivity index (χ1n) is 5.61. The van der Waals surface area contributed by atoms with Crippen LogP contribution >= 0.6 is 0 Å². The summed E-state index contributed by atoms with van der Waals surface area (Å²) < 4.78 is 0.991. The Morgan fingerprint density at radius 3 is 2.60 bits per heavy atom. The number of aromatic hydroxyl groups is 1. The Kier molecular flexibility index (Phi) is 1.74. The second kappa shape index (κ2) is 2.89. The van der Waals surface area contributed by atoms with Gasteiger partial charge in [-0.1, -0.05) is 5.75 Å². The summed E-state index contributed by atoms with van der Waals surface area (Å²) in [6.45, 7) is 3.44. The SMILES string of the molecule is [O-]c1cc2c(cc1O)CC[N+]21CCCC1.